The quantitative estimate of drug-likeness (QED) is 0.289. The maximum atomic E-state index is 11.8. The largest absolute Gasteiger partial charge is 0.573 e. The van der Waals surface area contributed by atoms with Crippen molar-refractivity contribution in [1.82, 2.24) is 16.0 Å². The minimum absolute atomic E-state index is 0.139. The van der Waals surface area contributed by atoms with Gasteiger partial charge >= 0.3 is 6.36 Å². The van der Waals surface area contributed by atoms with E-state index in [4.69, 9.17) is 16.7 Å². The summed E-state index contributed by atoms with van der Waals surface area (Å²) in [7, 11) is 1.43. The van der Waals surface area contributed by atoms with Crippen molar-refractivity contribution >= 4 is 29.8 Å². The van der Waals surface area contributed by atoms with E-state index in [0.29, 0.717) is 25.2 Å². The topological polar surface area (TPSA) is 117 Å². The molecule has 3 amide bonds. The van der Waals surface area contributed by atoms with Gasteiger partial charge < -0.3 is 25.8 Å². The van der Waals surface area contributed by atoms with E-state index in [-0.39, 0.29) is 29.7 Å². The van der Waals surface area contributed by atoms with Crippen molar-refractivity contribution in [2.24, 2.45) is 0 Å². The molecule has 1 saturated heterocycles. The highest BCUT2D eigenvalue weighted by Gasteiger charge is 2.31. The van der Waals surface area contributed by atoms with E-state index >= 15 is 0 Å². The molecule has 206 valence electrons. The molecule has 1 atom stereocenters. The number of carbonyl (C=O) groups is 3. The van der Waals surface area contributed by atoms with Crippen molar-refractivity contribution in [3.05, 3.63) is 89.1 Å². The van der Waals surface area contributed by atoms with Crippen LogP contribution in [0.2, 0.25) is 5.02 Å². The first-order valence-electron chi connectivity index (χ1n) is 11.3. The fraction of sp³-hybridized carbons (Fsp3) is 0.269. The van der Waals surface area contributed by atoms with E-state index in [9.17, 15) is 27.6 Å². The maximum Gasteiger partial charge on any atom is 0.573 e. The molecule has 12 heteroatoms. The molecule has 3 rings (SSSR count). The zero-order chi connectivity index (χ0) is 28.4. The monoisotopic (exact) mass is 555 g/mol. The van der Waals surface area contributed by atoms with Crippen molar-refractivity contribution in [3.8, 4) is 5.75 Å². The lowest BCUT2D eigenvalue weighted by atomic mass is 9.99. The molecule has 1 aliphatic rings. The molecule has 2 aromatic carbocycles. The Morgan fingerprint density at radius 1 is 1.16 bits per heavy atom. The van der Waals surface area contributed by atoms with Crippen molar-refractivity contribution < 1.29 is 37.4 Å². The van der Waals surface area contributed by atoms with Crippen LogP contribution in [0.15, 0.2) is 73.0 Å². The van der Waals surface area contributed by atoms with Gasteiger partial charge in [0, 0.05) is 49.3 Å². The summed E-state index contributed by atoms with van der Waals surface area (Å²) in [6, 6.07) is 12.3. The van der Waals surface area contributed by atoms with Crippen LogP contribution in [0.3, 0.4) is 0 Å². The Labute approximate surface area is 223 Å². The van der Waals surface area contributed by atoms with Crippen LogP contribution in [-0.4, -0.2) is 49.9 Å². The fourth-order valence-electron chi connectivity index (χ4n) is 2.93. The van der Waals surface area contributed by atoms with Gasteiger partial charge in [-0.1, -0.05) is 35.9 Å². The first-order chi connectivity index (χ1) is 18.1. The van der Waals surface area contributed by atoms with Crippen LogP contribution < -0.4 is 20.7 Å². The molecule has 0 radical (unpaired) electrons. The van der Waals surface area contributed by atoms with Crippen LogP contribution in [-0.2, 0) is 9.59 Å². The normalized spacial score (nSPS) is 14.6. The third-order valence-electron chi connectivity index (χ3n) is 4.70. The molecule has 38 heavy (non-hydrogen) atoms. The summed E-state index contributed by atoms with van der Waals surface area (Å²) < 4.78 is 38.9. The number of amides is 3. The molecule has 1 unspecified atom stereocenters. The smallest absolute Gasteiger partial charge is 0.406 e. The molecule has 4 N–H and O–H groups in total. The molecular formula is C26H29ClF3N3O5. The lowest BCUT2D eigenvalue weighted by molar-refractivity contribution is -0.274. The summed E-state index contributed by atoms with van der Waals surface area (Å²) in [6.07, 6.45) is 3.89. The van der Waals surface area contributed by atoms with E-state index in [1.807, 2.05) is 30.3 Å². The number of aliphatic hydroxyl groups is 1. The second kappa shape index (κ2) is 17.6. The Bertz CT molecular complexity index is 1060. The third kappa shape index (κ3) is 14.0. The van der Waals surface area contributed by atoms with Gasteiger partial charge in [-0.3, -0.25) is 14.4 Å². The Kier molecular flexibility index (Phi) is 14.9. The highest BCUT2D eigenvalue weighted by Crippen LogP contribution is 2.24. The lowest BCUT2D eigenvalue weighted by Crippen LogP contribution is -2.19. The van der Waals surface area contributed by atoms with Gasteiger partial charge in [0.05, 0.1) is 0 Å². The van der Waals surface area contributed by atoms with Gasteiger partial charge in [0.15, 0.2) is 0 Å². The summed E-state index contributed by atoms with van der Waals surface area (Å²) in [5.74, 6) is -0.256. The second-order valence-corrected chi connectivity index (χ2v) is 7.93. The van der Waals surface area contributed by atoms with Gasteiger partial charge in [-0.05, 0) is 54.5 Å². The minimum atomic E-state index is -4.71. The summed E-state index contributed by atoms with van der Waals surface area (Å²) in [5, 5.41) is 16.6. The van der Waals surface area contributed by atoms with E-state index in [1.54, 1.807) is 12.2 Å². The molecule has 1 aliphatic heterocycles. The number of ether oxygens (including phenoxy) is 1. The number of halogens is 4. The fourth-order valence-corrected chi connectivity index (χ4v) is 3.05. The zero-order valence-electron chi connectivity index (χ0n) is 20.5. The van der Waals surface area contributed by atoms with E-state index in [1.165, 1.54) is 30.9 Å². The van der Waals surface area contributed by atoms with Crippen LogP contribution in [0, 0.1) is 0 Å². The van der Waals surface area contributed by atoms with E-state index in [2.05, 4.69) is 20.7 Å². The molecule has 0 aliphatic carbocycles. The Morgan fingerprint density at radius 3 is 2.32 bits per heavy atom. The first-order valence-corrected chi connectivity index (χ1v) is 11.7. The van der Waals surface area contributed by atoms with Crippen molar-refractivity contribution in [2.75, 3.05) is 20.2 Å². The predicted molar refractivity (Wildman–Crippen MR) is 138 cm³/mol. The van der Waals surface area contributed by atoms with Gasteiger partial charge in [-0.15, -0.1) is 13.2 Å². The number of carbonyl (C=O) groups excluding carboxylic acids is 3. The average Bonchev–Trinajstić information content (AvgIpc) is 3.32. The summed E-state index contributed by atoms with van der Waals surface area (Å²) in [6.45, 7) is 0.909. The molecule has 8 nitrogen and oxygen atoms in total. The lowest BCUT2D eigenvalue weighted by Gasteiger charge is -2.08. The number of aliphatic hydroxyl groups excluding tert-OH is 1. The van der Waals surface area contributed by atoms with Crippen molar-refractivity contribution in [1.29, 1.82) is 0 Å². The maximum absolute atomic E-state index is 11.8. The molecule has 0 aromatic heterocycles. The molecule has 1 fully saturated rings. The van der Waals surface area contributed by atoms with Crippen LogP contribution in [0.4, 0.5) is 13.2 Å². The Hall–Kier alpha value is -3.83. The minimum Gasteiger partial charge on any atom is -0.406 e. The SMILES string of the molecule is CNC(=O)c1ccc(OC(F)(F)F)cc1.O=C1CC(c2ccc(Cl)cc2)CN1.O=CN/C=C\C=C/CCO. The number of alkyl halides is 3. The van der Waals surface area contributed by atoms with E-state index < -0.39 is 6.36 Å². The Balaban J connectivity index is 0.000000291. The first kappa shape index (κ1) is 32.2. The van der Waals surface area contributed by atoms with Crippen LogP contribution in [0.25, 0.3) is 0 Å². The number of nitrogens with one attached hydrogen (secondary N) is 3. The molecule has 2 aromatic rings. The van der Waals surface area contributed by atoms with Gasteiger partial charge in [-0.25, -0.2) is 0 Å². The number of hydrogen-bond acceptors (Lipinski definition) is 5. The highest BCUT2D eigenvalue weighted by atomic mass is 35.5. The Morgan fingerprint density at radius 2 is 1.82 bits per heavy atom. The number of hydrogen-bond donors (Lipinski definition) is 4. The summed E-state index contributed by atoms with van der Waals surface area (Å²) in [5.41, 5.74) is 1.45. The molecule has 0 spiro atoms. The van der Waals surface area contributed by atoms with Crippen molar-refractivity contribution in [3.63, 3.8) is 0 Å². The molecule has 0 saturated carbocycles. The zero-order valence-corrected chi connectivity index (χ0v) is 21.3. The average molecular weight is 556 g/mol. The highest BCUT2D eigenvalue weighted by molar-refractivity contribution is 6.30. The van der Waals surface area contributed by atoms with E-state index in [0.717, 1.165) is 23.7 Å². The van der Waals surface area contributed by atoms with Crippen molar-refractivity contribution in [2.45, 2.75) is 25.1 Å². The second-order valence-electron chi connectivity index (χ2n) is 7.49. The number of allylic oxidation sites excluding steroid dienone is 2. The predicted octanol–water partition coefficient (Wildman–Crippen LogP) is 4.07. The summed E-state index contributed by atoms with van der Waals surface area (Å²) >= 11 is 5.76. The van der Waals surface area contributed by atoms with Gasteiger partial charge in [0.1, 0.15) is 5.75 Å². The molecule has 1 heterocycles. The molecular weight excluding hydrogens is 527 g/mol. The number of benzene rings is 2. The molecule has 0 bridgehead atoms. The van der Waals surface area contributed by atoms with Gasteiger partial charge in [-0.2, -0.15) is 0 Å². The van der Waals surface area contributed by atoms with Gasteiger partial charge in [0.25, 0.3) is 5.91 Å². The standard InChI is InChI=1S/C10H10ClNO.C9H8F3NO2.C7H11NO2/c11-9-3-1-7(2-4-9)8-5-10(13)12-6-8;1-13-8(14)6-2-4-7(5-3-6)15-9(10,11)12;9-6-4-2-1-3-5-8-7-10/h1-4,8H,5-6H2,(H,12,13);2-5H,1H3,(H,13,14);1-3,5,7,9H,4,6H2,(H,8,10)/b;;2-1-,5-3-. The number of rotatable bonds is 8. The summed E-state index contributed by atoms with van der Waals surface area (Å²) in [4.78, 5) is 31.7. The van der Waals surface area contributed by atoms with Crippen LogP contribution >= 0.6 is 11.6 Å². The van der Waals surface area contributed by atoms with Crippen LogP contribution in [0.5, 0.6) is 5.75 Å². The van der Waals surface area contributed by atoms with Gasteiger partial charge in [0.2, 0.25) is 12.3 Å². The third-order valence-corrected chi connectivity index (χ3v) is 4.95. The van der Waals surface area contributed by atoms with Crippen LogP contribution in [0.1, 0.15) is 34.7 Å².